The Hall–Kier alpha value is -1.67. The van der Waals surface area contributed by atoms with Gasteiger partial charge in [-0.05, 0) is 25.0 Å². The third-order valence-corrected chi connectivity index (χ3v) is 5.44. The molecular formula is C14H21N3O4S. The van der Waals surface area contributed by atoms with Gasteiger partial charge in [-0.1, -0.05) is 6.92 Å². The lowest BCUT2D eigenvalue weighted by atomic mass is 10.0. The fraction of sp³-hybridized carbons (Fsp3) is 0.571. The molecule has 0 aliphatic carbocycles. The standard InChI is InChI=1S/C14H21N3O4S/c1-3-16(22(2,20)21)13-8-10-15(11-9-13)12-4-6-14(7-5-12)17(18)19/h4-7,13H,3,8-11H2,1-2H3. The molecule has 0 radical (unpaired) electrons. The number of nitro benzene ring substituents is 1. The molecule has 0 N–H and O–H groups in total. The first-order valence-corrected chi connectivity index (χ1v) is 9.14. The average Bonchev–Trinajstić information content (AvgIpc) is 2.47. The smallest absolute Gasteiger partial charge is 0.269 e. The van der Waals surface area contributed by atoms with Gasteiger partial charge in [0.2, 0.25) is 10.0 Å². The lowest BCUT2D eigenvalue weighted by Crippen LogP contribution is -2.47. The first-order valence-electron chi connectivity index (χ1n) is 7.29. The van der Waals surface area contributed by atoms with Crippen LogP contribution in [-0.4, -0.2) is 49.6 Å². The van der Waals surface area contributed by atoms with Crippen molar-refractivity contribution >= 4 is 21.4 Å². The highest BCUT2D eigenvalue weighted by Gasteiger charge is 2.29. The number of nitro groups is 1. The molecule has 1 aliphatic rings. The highest BCUT2D eigenvalue weighted by molar-refractivity contribution is 7.88. The van der Waals surface area contributed by atoms with Gasteiger partial charge < -0.3 is 4.90 Å². The Morgan fingerprint density at radius 2 is 1.82 bits per heavy atom. The zero-order chi connectivity index (χ0) is 16.3. The zero-order valence-corrected chi connectivity index (χ0v) is 13.6. The Balaban J connectivity index is 2.01. The highest BCUT2D eigenvalue weighted by Crippen LogP contribution is 2.25. The molecule has 122 valence electrons. The van der Waals surface area contributed by atoms with E-state index in [0.717, 1.165) is 31.6 Å². The van der Waals surface area contributed by atoms with Crippen LogP contribution in [0.4, 0.5) is 11.4 Å². The number of anilines is 1. The van der Waals surface area contributed by atoms with Crippen molar-refractivity contribution in [2.75, 3.05) is 30.8 Å². The third kappa shape index (κ3) is 3.75. The van der Waals surface area contributed by atoms with Crippen molar-refractivity contribution in [2.45, 2.75) is 25.8 Å². The molecule has 1 heterocycles. The van der Waals surface area contributed by atoms with Gasteiger partial charge in [0.15, 0.2) is 0 Å². The Morgan fingerprint density at radius 3 is 2.23 bits per heavy atom. The fourth-order valence-electron chi connectivity index (χ4n) is 2.96. The van der Waals surface area contributed by atoms with Crippen LogP contribution in [0.2, 0.25) is 0 Å². The van der Waals surface area contributed by atoms with E-state index < -0.39 is 14.9 Å². The number of rotatable bonds is 5. The minimum absolute atomic E-state index is 0.0364. The van der Waals surface area contributed by atoms with E-state index in [2.05, 4.69) is 4.90 Å². The van der Waals surface area contributed by atoms with Crippen LogP contribution in [0.5, 0.6) is 0 Å². The van der Waals surface area contributed by atoms with Crippen molar-refractivity contribution in [3.05, 3.63) is 34.4 Å². The van der Waals surface area contributed by atoms with Gasteiger partial charge in [0.25, 0.3) is 5.69 Å². The van der Waals surface area contributed by atoms with Crippen LogP contribution >= 0.6 is 0 Å². The maximum atomic E-state index is 11.8. The minimum Gasteiger partial charge on any atom is -0.371 e. The van der Waals surface area contributed by atoms with Crippen molar-refractivity contribution in [1.29, 1.82) is 0 Å². The van der Waals surface area contributed by atoms with Crippen LogP contribution in [0.1, 0.15) is 19.8 Å². The average molecular weight is 327 g/mol. The van der Waals surface area contributed by atoms with Gasteiger partial charge in [-0.25, -0.2) is 8.42 Å². The largest absolute Gasteiger partial charge is 0.371 e. The quantitative estimate of drug-likeness (QED) is 0.609. The number of hydrogen-bond acceptors (Lipinski definition) is 5. The maximum absolute atomic E-state index is 11.8. The van der Waals surface area contributed by atoms with Gasteiger partial charge >= 0.3 is 0 Å². The van der Waals surface area contributed by atoms with Crippen LogP contribution in [0, 0.1) is 10.1 Å². The van der Waals surface area contributed by atoms with Crippen LogP contribution in [0.25, 0.3) is 0 Å². The van der Waals surface area contributed by atoms with E-state index >= 15 is 0 Å². The number of non-ortho nitro benzene ring substituents is 1. The second-order valence-electron chi connectivity index (χ2n) is 5.46. The monoisotopic (exact) mass is 327 g/mol. The molecule has 0 spiro atoms. The summed E-state index contributed by atoms with van der Waals surface area (Å²) in [6.07, 6.45) is 2.77. The summed E-state index contributed by atoms with van der Waals surface area (Å²) in [5, 5.41) is 10.7. The van der Waals surface area contributed by atoms with Gasteiger partial charge in [-0.2, -0.15) is 4.31 Å². The summed E-state index contributed by atoms with van der Waals surface area (Å²) in [7, 11) is -3.17. The number of piperidine rings is 1. The van der Waals surface area contributed by atoms with E-state index in [1.54, 1.807) is 16.4 Å². The van der Waals surface area contributed by atoms with Gasteiger partial charge in [-0.15, -0.1) is 0 Å². The molecule has 22 heavy (non-hydrogen) atoms. The summed E-state index contributed by atoms with van der Waals surface area (Å²) >= 11 is 0. The molecule has 0 aromatic heterocycles. The van der Waals surface area contributed by atoms with E-state index in [0.29, 0.717) is 6.54 Å². The summed E-state index contributed by atoms with van der Waals surface area (Å²) in [5.74, 6) is 0. The molecule has 0 amide bonds. The van der Waals surface area contributed by atoms with E-state index in [1.165, 1.54) is 18.4 Å². The second-order valence-corrected chi connectivity index (χ2v) is 7.39. The van der Waals surface area contributed by atoms with Crippen LogP contribution in [0.3, 0.4) is 0 Å². The molecule has 1 aromatic carbocycles. The van der Waals surface area contributed by atoms with Crippen molar-refractivity contribution in [3.8, 4) is 0 Å². The molecule has 1 saturated heterocycles. The Bertz CT molecular complexity index is 622. The number of benzene rings is 1. The molecule has 0 saturated carbocycles. The third-order valence-electron chi connectivity index (χ3n) is 4.04. The molecule has 8 heteroatoms. The van der Waals surface area contributed by atoms with Gasteiger partial charge in [-0.3, -0.25) is 10.1 Å². The molecular weight excluding hydrogens is 306 g/mol. The Labute approximate surface area is 130 Å². The molecule has 1 aromatic rings. The van der Waals surface area contributed by atoms with E-state index in [4.69, 9.17) is 0 Å². The predicted molar refractivity (Wildman–Crippen MR) is 85.6 cm³/mol. The summed E-state index contributed by atoms with van der Waals surface area (Å²) in [6, 6.07) is 6.51. The topological polar surface area (TPSA) is 83.8 Å². The van der Waals surface area contributed by atoms with E-state index in [-0.39, 0.29) is 11.7 Å². The Morgan fingerprint density at radius 1 is 1.27 bits per heavy atom. The second kappa shape index (κ2) is 6.62. The van der Waals surface area contributed by atoms with Gasteiger partial charge in [0.1, 0.15) is 0 Å². The van der Waals surface area contributed by atoms with Crippen molar-refractivity contribution in [2.24, 2.45) is 0 Å². The first kappa shape index (κ1) is 16.7. The fourth-order valence-corrected chi connectivity index (χ4v) is 4.18. The molecule has 0 unspecified atom stereocenters. The van der Waals surface area contributed by atoms with Crippen molar-refractivity contribution in [3.63, 3.8) is 0 Å². The molecule has 0 bridgehead atoms. The predicted octanol–water partition coefficient (Wildman–Crippen LogP) is 1.85. The summed E-state index contributed by atoms with van der Waals surface area (Å²) in [6.45, 7) is 3.83. The van der Waals surface area contributed by atoms with E-state index in [9.17, 15) is 18.5 Å². The first-order chi connectivity index (χ1) is 10.3. The van der Waals surface area contributed by atoms with Crippen molar-refractivity contribution < 1.29 is 13.3 Å². The Kier molecular flexibility index (Phi) is 5.02. The molecule has 7 nitrogen and oxygen atoms in total. The maximum Gasteiger partial charge on any atom is 0.269 e. The number of sulfonamides is 1. The van der Waals surface area contributed by atoms with Gasteiger partial charge in [0, 0.05) is 43.5 Å². The van der Waals surface area contributed by atoms with Crippen LogP contribution in [-0.2, 0) is 10.0 Å². The van der Waals surface area contributed by atoms with Crippen LogP contribution < -0.4 is 4.90 Å². The molecule has 0 atom stereocenters. The van der Waals surface area contributed by atoms with E-state index in [1.807, 2.05) is 6.92 Å². The number of hydrogen-bond donors (Lipinski definition) is 0. The molecule has 1 fully saturated rings. The normalized spacial score (nSPS) is 17.0. The summed E-state index contributed by atoms with van der Waals surface area (Å²) < 4.78 is 25.1. The highest BCUT2D eigenvalue weighted by atomic mass is 32.2. The minimum atomic E-state index is -3.17. The molecule has 1 aliphatic heterocycles. The van der Waals surface area contributed by atoms with Gasteiger partial charge in [0.05, 0.1) is 11.2 Å². The number of nitrogens with zero attached hydrogens (tertiary/aromatic N) is 3. The summed E-state index contributed by atoms with van der Waals surface area (Å²) in [5.41, 5.74) is 1.01. The van der Waals surface area contributed by atoms with Crippen molar-refractivity contribution in [1.82, 2.24) is 4.31 Å². The lowest BCUT2D eigenvalue weighted by Gasteiger charge is -2.37. The SMILES string of the molecule is CCN(C1CCN(c2ccc([N+](=O)[O-])cc2)CC1)S(C)(=O)=O. The molecule has 2 rings (SSSR count). The zero-order valence-electron chi connectivity index (χ0n) is 12.8. The van der Waals surface area contributed by atoms with Crippen LogP contribution in [0.15, 0.2) is 24.3 Å². The summed E-state index contributed by atoms with van der Waals surface area (Å²) in [4.78, 5) is 12.4. The lowest BCUT2D eigenvalue weighted by molar-refractivity contribution is -0.384.